The van der Waals surface area contributed by atoms with E-state index in [1.54, 1.807) is 36.7 Å². The van der Waals surface area contributed by atoms with E-state index in [2.05, 4.69) is 20.5 Å². The number of ether oxygens (including phenoxy) is 2. The normalized spacial score (nSPS) is 10.6. The van der Waals surface area contributed by atoms with E-state index in [4.69, 9.17) is 9.47 Å². The van der Waals surface area contributed by atoms with E-state index in [0.29, 0.717) is 36.1 Å². The second kappa shape index (κ2) is 11.8. The Labute approximate surface area is 209 Å². The number of rotatable bonds is 11. The summed E-state index contributed by atoms with van der Waals surface area (Å²) in [6, 6.07) is 18.5. The zero-order valence-electron chi connectivity index (χ0n) is 20.3. The van der Waals surface area contributed by atoms with Gasteiger partial charge in [-0.05, 0) is 49.7 Å². The minimum absolute atomic E-state index is 0.0221. The first-order valence-corrected chi connectivity index (χ1v) is 11.9. The van der Waals surface area contributed by atoms with Gasteiger partial charge in [0, 0.05) is 35.7 Å². The van der Waals surface area contributed by atoms with Gasteiger partial charge in [-0.2, -0.15) is 5.10 Å². The van der Waals surface area contributed by atoms with Crippen molar-refractivity contribution < 1.29 is 19.1 Å². The molecule has 0 aliphatic rings. The van der Waals surface area contributed by atoms with Crippen molar-refractivity contribution in [2.24, 2.45) is 0 Å². The Kier molecular flexibility index (Phi) is 8.08. The molecule has 0 saturated carbocycles. The van der Waals surface area contributed by atoms with Gasteiger partial charge in [0.15, 0.2) is 17.3 Å². The summed E-state index contributed by atoms with van der Waals surface area (Å²) in [5, 5.41) is 9.66. The fraction of sp³-hybridized carbons (Fsp3) is 0.214. The fourth-order valence-electron chi connectivity index (χ4n) is 3.73. The first-order chi connectivity index (χ1) is 17.6. The Bertz CT molecular complexity index is 1320. The number of H-pyrrole nitrogens is 1. The Morgan fingerprint density at radius 1 is 0.861 bits per heavy atom. The molecular formula is C28H28N4O4. The lowest BCUT2D eigenvalue weighted by Crippen LogP contribution is -2.15. The van der Waals surface area contributed by atoms with Crippen LogP contribution in [0.3, 0.4) is 0 Å². The minimum Gasteiger partial charge on any atom is -0.490 e. The molecule has 0 fully saturated rings. The number of hydrogen-bond acceptors (Lipinski definition) is 6. The molecule has 0 spiro atoms. The molecule has 4 aromatic rings. The number of hydrogen-bond donors (Lipinski definition) is 2. The highest BCUT2D eigenvalue weighted by Gasteiger charge is 2.15. The van der Waals surface area contributed by atoms with Crippen molar-refractivity contribution in [3.8, 4) is 33.9 Å². The summed E-state index contributed by atoms with van der Waals surface area (Å²) in [7, 11) is 0. The number of benzene rings is 2. The molecule has 0 saturated heterocycles. The van der Waals surface area contributed by atoms with Crippen LogP contribution in [0.4, 0.5) is 5.82 Å². The van der Waals surface area contributed by atoms with Gasteiger partial charge in [-0.1, -0.05) is 30.3 Å². The zero-order valence-corrected chi connectivity index (χ0v) is 20.3. The number of aromatic nitrogens is 3. The lowest BCUT2D eigenvalue weighted by Gasteiger charge is -2.12. The van der Waals surface area contributed by atoms with Gasteiger partial charge in [-0.25, -0.2) is 4.98 Å². The number of amides is 1. The van der Waals surface area contributed by atoms with Crippen LogP contribution in [-0.2, 0) is 4.79 Å². The van der Waals surface area contributed by atoms with Crippen LogP contribution >= 0.6 is 0 Å². The quantitative estimate of drug-likeness (QED) is 0.271. The van der Waals surface area contributed by atoms with E-state index < -0.39 is 0 Å². The van der Waals surface area contributed by atoms with Crippen LogP contribution in [0.2, 0.25) is 0 Å². The number of aromatic amines is 1. The summed E-state index contributed by atoms with van der Waals surface area (Å²) < 4.78 is 11.2. The molecule has 0 atom stereocenters. The molecular weight excluding hydrogens is 456 g/mol. The third-order valence-electron chi connectivity index (χ3n) is 5.44. The molecule has 2 heterocycles. The summed E-state index contributed by atoms with van der Waals surface area (Å²) in [5.41, 5.74) is 3.86. The van der Waals surface area contributed by atoms with Crippen LogP contribution in [0.1, 0.15) is 37.0 Å². The average molecular weight is 485 g/mol. The maximum Gasteiger partial charge on any atom is 0.225 e. The Hall–Kier alpha value is -4.46. The average Bonchev–Trinajstić information content (AvgIpc) is 3.44. The van der Waals surface area contributed by atoms with E-state index in [-0.39, 0.29) is 24.5 Å². The Balaban J connectivity index is 1.46. The number of anilines is 1. The number of nitrogens with zero attached hydrogens (tertiary/aromatic N) is 2. The second-order valence-electron chi connectivity index (χ2n) is 7.98. The zero-order chi connectivity index (χ0) is 25.3. The van der Waals surface area contributed by atoms with Crippen LogP contribution < -0.4 is 14.8 Å². The van der Waals surface area contributed by atoms with E-state index in [1.807, 2.05) is 50.2 Å². The molecule has 1 amide bonds. The third-order valence-corrected chi connectivity index (χ3v) is 5.44. The van der Waals surface area contributed by atoms with Gasteiger partial charge in [0.05, 0.1) is 25.1 Å². The molecule has 0 bridgehead atoms. The first-order valence-electron chi connectivity index (χ1n) is 11.9. The molecule has 0 unspecified atom stereocenters. The highest BCUT2D eigenvalue weighted by molar-refractivity contribution is 6.00. The predicted molar refractivity (Wildman–Crippen MR) is 138 cm³/mol. The molecule has 0 aliphatic heterocycles. The van der Waals surface area contributed by atoms with E-state index >= 15 is 0 Å². The van der Waals surface area contributed by atoms with Crippen LogP contribution in [0.25, 0.3) is 22.4 Å². The van der Waals surface area contributed by atoms with Crippen LogP contribution in [0.5, 0.6) is 11.5 Å². The van der Waals surface area contributed by atoms with E-state index in [9.17, 15) is 9.59 Å². The molecule has 4 rings (SSSR count). The van der Waals surface area contributed by atoms with Gasteiger partial charge in [0.1, 0.15) is 5.82 Å². The molecule has 2 N–H and O–H groups in total. The van der Waals surface area contributed by atoms with Crippen molar-refractivity contribution in [2.45, 2.75) is 26.7 Å². The largest absolute Gasteiger partial charge is 0.490 e. The molecule has 36 heavy (non-hydrogen) atoms. The maximum atomic E-state index is 12.8. The lowest BCUT2D eigenvalue weighted by atomic mass is 10.0. The fourth-order valence-corrected chi connectivity index (χ4v) is 3.73. The van der Waals surface area contributed by atoms with Crippen LogP contribution in [-0.4, -0.2) is 40.1 Å². The van der Waals surface area contributed by atoms with Gasteiger partial charge < -0.3 is 14.8 Å². The van der Waals surface area contributed by atoms with Gasteiger partial charge in [0.25, 0.3) is 0 Å². The Morgan fingerprint density at radius 3 is 2.36 bits per heavy atom. The number of carbonyl (C=O) groups excluding carboxylic acids is 2. The second-order valence-corrected chi connectivity index (χ2v) is 7.98. The number of pyridine rings is 1. The summed E-state index contributed by atoms with van der Waals surface area (Å²) >= 11 is 0. The first kappa shape index (κ1) is 24.7. The summed E-state index contributed by atoms with van der Waals surface area (Å²) in [6.07, 6.45) is 3.57. The molecule has 184 valence electrons. The van der Waals surface area contributed by atoms with Crippen molar-refractivity contribution in [3.63, 3.8) is 0 Å². The molecule has 8 nitrogen and oxygen atoms in total. The summed E-state index contributed by atoms with van der Waals surface area (Å²) in [4.78, 5) is 30.1. The van der Waals surface area contributed by atoms with Gasteiger partial charge in [0.2, 0.25) is 5.91 Å². The van der Waals surface area contributed by atoms with Crippen molar-refractivity contribution in [3.05, 3.63) is 78.6 Å². The number of carbonyl (C=O) groups is 2. The highest BCUT2D eigenvalue weighted by Crippen LogP contribution is 2.30. The molecule has 8 heteroatoms. The van der Waals surface area contributed by atoms with Crippen molar-refractivity contribution >= 4 is 17.5 Å². The number of nitrogens with one attached hydrogen (secondary N) is 2. The van der Waals surface area contributed by atoms with Crippen LogP contribution in [0, 0.1) is 0 Å². The van der Waals surface area contributed by atoms with Crippen LogP contribution in [0.15, 0.2) is 73.1 Å². The molecule has 0 aliphatic carbocycles. The van der Waals surface area contributed by atoms with Gasteiger partial charge in [-0.15, -0.1) is 0 Å². The smallest absolute Gasteiger partial charge is 0.225 e. The predicted octanol–water partition coefficient (Wildman–Crippen LogP) is 5.54. The highest BCUT2D eigenvalue weighted by atomic mass is 16.5. The Morgan fingerprint density at radius 2 is 1.64 bits per heavy atom. The van der Waals surface area contributed by atoms with Gasteiger partial charge in [-0.3, -0.25) is 14.7 Å². The standard InChI is InChI=1S/C28H28N4O4/c1-3-35-25-12-10-20(15-26(25)36-4-2)24(33)11-13-28(34)32-27-16-21(22-17-29-30-18-22)14-23(31-27)19-8-6-5-7-9-19/h5-10,12,14-18H,3-4,11,13H2,1-2H3,(H,29,30)(H,31,32,34). The maximum absolute atomic E-state index is 12.8. The van der Waals surface area contributed by atoms with Crippen molar-refractivity contribution in [1.82, 2.24) is 15.2 Å². The summed E-state index contributed by atoms with van der Waals surface area (Å²) in [5.74, 6) is 1.06. The third kappa shape index (κ3) is 6.15. The number of ketones is 1. The van der Waals surface area contributed by atoms with Gasteiger partial charge >= 0.3 is 0 Å². The molecule has 2 aromatic heterocycles. The van der Waals surface area contributed by atoms with Crippen molar-refractivity contribution in [2.75, 3.05) is 18.5 Å². The topological polar surface area (TPSA) is 106 Å². The summed E-state index contributed by atoms with van der Waals surface area (Å²) in [6.45, 7) is 4.70. The van der Waals surface area contributed by atoms with Crippen molar-refractivity contribution in [1.29, 1.82) is 0 Å². The SMILES string of the molecule is CCOc1ccc(C(=O)CCC(=O)Nc2cc(-c3cn[nH]c3)cc(-c3ccccc3)n2)cc1OCC. The molecule has 0 radical (unpaired) electrons. The molecule has 2 aromatic carbocycles. The van der Waals surface area contributed by atoms with E-state index in [1.165, 1.54) is 0 Å². The monoisotopic (exact) mass is 484 g/mol. The lowest BCUT2D eigenvalue weighted by molar-refractivity contribution is -0.116. The minimum atomic E-state index is -0.296. The number of Topliss-reactive ketones (excluding diaryl/α,β-unsaturated/α-hetero) is 1. The van der Waals surface area contributed by atoms with E-state index in [0.717, 1.165) is 22.4 Å².